The van der Waals surface area contributed by atoms with Crippen molar-refractivity contribution >= 4 is 28.9 Å². The summed E-state index contributed by atoms with van der Waals surface area (Å²) in [6.07, 6.45) is 9.05. The summed E-state index contributed by atoms with van der Waals surface area (Å²) in [6.45, 7) is 8.13. The van der Waals surface area contributed by atoms with E-state index >= 15 is 0 Å². The lowest BCUT2D eigenvalue weighted by Gasteiger charge is -2.38. The third-order valence-electron chi connectivity index (χ3n) is 6.80. The number of piperidine rings is 1. The Labute approximate surface area is 214 Å². The number of carbonyl (C=O) groups excluding carboxylic acids is 1. The Balaban J connectivity index is 1.45. The number of nitrogens with one attached hydrogen (secondary N) is 1. The van der Waals surface area contributed by atoms with Crippen LogP contribution in [0.25, 0.3) is 17.1 Å². The highest BCUT2D eigenvalue weighted by molar-refractivity contribution is 6.05. The molecule has 0 aliphatic carbocycles. The molecule has 0 atom stereocenters. The van der Waals surface area contributed by atoms with E-state index < -0.39 is 5.97 Å². The van der Waals surface area contributed by atoms with Gasteiger partial charge in [0.05, 0.1) is 23.5 Å². The molecule has 2 N–H and O–H groups in total. The number of fused-ring (bicyclic) bond motifs is 1. The van der Waals surface area contributed by atoms with E-state index in [9.17, 15) is 9.59 Å². The van der Waals surface area contributed by atoms with Gasteiger partial charge in [-0.15, -0.1) is 0 Å². The first-order valence-corrected chi connectivity index (χ1v) is 12.4. The molecule has 0 radical (unpaired) electrons. The first kappa shape index (κ1) is 24.5. The van der Waals surface area contributed by atoms with Crippen LogP contribution in [0.5, 0.6) is 0 Å². The zero-order chi connectivity index (χ0) is 26.2. The summed E-state index contributed by atoms with van der Waals surface area (Å²) < 4.78 is 7.40. The molecule has 1 aliphatic rings. The number of rotatable bonds is 7. The molecule has 1 saturated heterocycles. The van der Waals surface area contributed by atoms with Crippen LogP contribution in [-0.4, -0.2) is 49.4 Å². The highest BCUT2D eigenvalue weighted by Gasteiger charge is 2.27. The molecule has 1 aliphatic heterocycles. The third-order valence-corrected chi connectivity index (χ3v) is 6.80. The summed E-state index contributed by atoms with van der Waals surface area (Å²) in [5.41, 5.74) is 4.90. The summed E-state index contributed by atoms with van der Waals surface area (Å²) in [5, 5.41) is 12.1. The molecule has 0 saturated carbocycles. The number of nitrogens with zero attached hydrogens (tertiary/aromatic N) is 5. The number of imidazole rings is 1. The largest absolute Gasteiger partial charge is 0.481 e. The predicted molar refractivity (Wildman–Crippen MR) is 139 cm³/mol. The van der Waals surface area contributed by atoms with Crippen molar-refractivity contribution in [3.05, 3.63) is 60.1 Å². The number of oxazole rings is 1. The summed E-state index contributed by atoms with van der Waals surface area (Å²) in [6, 6.07) is 5.58. The lowest BCUT2D eigenvalue weighted by molar-refractivity contribution is -0.136. The second-order valence-corrected chi connectivity index (χ2v) is 10.3. The van der Waals surface area contributed by atoms with Crippen LogP contribution in [0.1, 0.15) is 55.0 Å². The fourth-order valence-electron chi connectivity index (χ4n) is 4.52. The fraction of sp³-hybridized carbons (Fsp3) is 0.370. The average Bonchev–Trinajstić information content (AvgIpc) is 3.49. The molecule has 0 aromatic carbocycles. The van der Waals surface area contributed by atoms with Crippen molar-refractivity contribution in [3.8, 4) is 11.5 Å². The molecule has 37 heavy (non-hydrogen) atoms. The molecule has 5 rings (SSSR count). The van der Waals surface area contributed by atoms with Crippen LogP contribution in [0.3, 0.4) is 0 Å². The molecule has 5 heterocycles. The SMILES string of the molecule is Cc1cc(-c2nc(C(=O)Nc3cn4cc(CCC(=O)O)nc4cc3N3CCC(C)(C)CC3)co2)ccn1. The molecule has 192 valence electrons. The Bertz CT molecular complexity index is 1460. The smallest absolute Gasteiger partial charge is 0.303 e. The number of amides is 1. The van der Waals surface area contributed by atoms with Crippen molar-refractivity contribution in [2.45, 2.75) is 46.5 Å². The van der Waals surface area contributed by atoms with Crippen molar-refractivity contribution in [2.24, 2.45) is 5.41 Å². The van der Waals surface area contributed by atoms with Gasteiger partial charge in [0, 0.05) is 55.4 Å². The fourth-order valence-corrected chi connectivity index (χ4v) is 4.52. The second kappa shape index (κ2) is 9.68. The number of aryl methyl sites for hydroxylation is 2. The Kier molecular flexibility index (Phi) is 6.41. The van der Waals surface area contributed by atoms with Gasteiger partial charge in [0.15, 0.2) is 5.69 Å². The molecular formula is C27H30N6O4. The van der Waals surface area contributed by atoms with Crippen LogP contribution in [0, 0.1) is 12.3 Å². The van der Waals surface area contributed by atoms with Crippen molar-refractivity contribution < 1.29 is 19.1 Å². The normalized spacial score (nSPS) is 15.2. The average molecular weight is 503 g/mol. The van der Waals surface area contributed by atoms with Gasteiger partial charge in [0.25, 0.3) is 5.91 Å². The Morgan fingerprint density at radius 2 is 1.95 bits per heavy atom. The number of anilines is 2. The predicted octanol–water partition coefficient (Wildman–Crippen LogP) is 4.59. The van der Waals surface area contributed by atoms with Gasteiger partial charge in [-0.05, 0) is 37.3 Å². The maximum absolute atomic E-state index is 13.2. The third kappa shape index (κ3) is 5.47. The Hall–Kier alpha value is -4.21. The Morgan fingerprint density at radius 3 is 2.68 bits per heavy atom. The molecule has 10 heteroatoms. The van der Waals surface area contributed by atoms with Gasteiger partial charge in [-0.1, -0.05) is 13.8 Å². The quantitative estimate of drug-likeness (QED) is 0.376. The van der Waals surface area contributed by atoms with Gasteiger partial charge in [0.1, 0.15) is 11.9 Å². The van der Waals surface area contributed by atoms with E-state index in [2.05, 4.69) is 39.0 Å². The van der Waals surface area contributed by atoms with Gasteiger partial charge < -0.3 is 24.1 Å². The number of pyridine rings is 2. The van der Waals surface area contributed by atoms with Gasteiger partial charge >= 0.3 is 5.97 Å². The molecule has 1 fully saturated rings. The van der Waals surface area contributed by atoms with Gasteiger partial charge in [-0.3, -0.25) is 14.6 Å². The highest BCUT2D eigenvalue weighted by atomic mass is 16.4. The van der Waals surface area contributed by atoms with Gasteiger partial charge in [-0.2, -0.15) is 0 Å². The number of aromatic nitrogens is 4. The maximum atomic E-state index is 13.2. The molecule has 0 spiro atoms. The van der Waals surface area contributed by atoms with E-state index in [1.807, 2.05) is 29.7 Å². The van der Waals surface area contributed by atoms with E-state index in [-0.39, 0.29) is 23.4 Å². The van der Waals surface area contributed by atoms with Crippen LogP contribution < -0.4 is 10.2 Å². The number of carboxylic acid groups (broad SMARTS) is 1. The van der Waals surface area contributed by atoms with Crippen molar-refractivity contribution in [2.75, 3.05) is 23.3 Å². The molecule has 0 bridgehead atoms. The van der Waals surface area contributed by atoms with E-state index in [4.69, 9.17) is 9.52 Å². The van der Waals surface area contributed by atoms with E-state index in [1.165, 1.54) is 6.26 Å². The Morgan fingerprint density at radius 1 is 1.16 bits per heavy atom. The summed E-state index contributed by atoms with van der Waals surface area (Å²) in [7, 11) is 0. The number of hydrogen-bond acceptors (Lipinski definition) is 7. The minimum absolute atomic E-state index is 0.00698. The standard InChI is InChI=1S/C27H30N6O4/c1-17-12-18(6-9-28-17)26-31-21(16-37-26)25(36)30-20-15-33-14-19(4-5-24(34)35)29-23(33)13-22(20)32-10-7-27(2,3)8-11-32/h6,9,12-16H,4-5,7-8,10-11H2,1-3H3,(H,30,36)(H,34,35). The first-order valence-electron chi connectivity index (χ1n) is 12.4. The van der Waals surface area contributed by atoms with Crippen LogP contribution in [-0.2, 0) is 11.2 Å². The van der Waals surface area contributed by atoms with Gasteiger partial charge in [0.2, 0.25) is 5.89 Å². The zero-order valence-corrected chi connectivity index (χ0v) is 21.2. The van der Waals surface area contributed by atoms with Crippen molar-refractivity contribution in [3.63, 3.8) is 0 Å². The lowest BCUT2D eigenvalue weighted by Crippen LogP contribution is -2.37. The molecule has 1 amide bonds. The van der Waals surface area contributed by atoms with Crippen molar-refractivity contribution in [1.82, 2.24) is 19.4 Å². The minimum atomic E-state index is -0.865. The molecule has 0 unspecified atom stereocenters. The maximum Gasteiger partial charge on any atom is 0.303 e. The highest BCUT2D eigenvalue weighted by Crippen LogP contribution is 2.36. The van der Waals surface area contributed by atoms with Crippen LogP contribution in [0.4, 0.5) is 11.4 Å². The van der Waals surface area contributed by atoms with Crippen LogP contribution in [0.2, 0.25) is 0 Å². The van der Waals surface area contributed by atoms with Crippen LogP contribution in [0.15, 0.2) is 47.5 Å². The molecule has 10 nitrogen and oxygen atoms in total. The topological polar surface area (TPSA) is 126 Å². The van der Waals surface area contributed by atoms with Gasteiger partial charge in [-0.25, -0.2) is 9.97 Å². The number of carboxylic acids is 1. The summed E-state index contributed by atoms with van der Waals surface area (Å²) in [4.78, 5) is 39.7. The van der Waals surface area contributed by atoms with E-state index in [1.54, 1.807) is 18.5 Å². The van der Waals surface area contributed by atoms with Crippen molar-refractivity contribution in [1.29, 1.82) is 0 Å². The molecule has 4 aromatic heterocycles. The minimum Gasteiger partial charge on any atom is -0.481 e. The van der Waals surface area contributed by atoms with E-state index in [0.717, 1.165) is 42.9 Å². The number of hydrogen-bond donors (Lipinski definition) is 2. The second-order valence-electron chi connectivity index (χ2n) is 10.3. The summed E-state index contributed by atoms with van der Waals surface area (Å²) >= 11 is 0. The first-order chi connectivity index (χ1) is 17.7. The van der Waals surface area contributed by atoms with E-state index in [0.29, 0.717) is 29.3 Å². The lowest BCUT2D eigenvalue weighted by atomic mass is 9.82. The van der Waals surface area contributed by atoms with Crippen LogP contribution >= 0.6 is 0 Å². The number of aliphatic carboxylic acids is 1. The summed E-state index contributed by atoms with van der Waals surface area (Å²) in [5.74, 6) is -0.900. The zero-order valence-electron chi connectivity index (χ0n) is 21.2. The molecular weight excluding hydrogens is 472 g/mol. The molecule has 4 aromatic rings. The number of carbonyl (C=O) groups is 2. The monoisotopic (exact) mass is 502 g/mol.